The van der Waals surface area contributed by atoms with Crippen LogP contribution in [0.25, 0.3) is 0 Å². The summed E-state index contributed by atoms with van der Waals surface area (Å²) < 4.78 is 0. The van der Waals surface area contributed by atoms with Crippen LogP contribution in [0.3, 0.4) is 0 Å². The molecule has 14 heavy (non-hydrogen) atoms. The van der Waals surface area contributed by atoms with Gasteiger partial charge in [0.15, 0.2) is 0 Å². The lowest BCUT2D eigenvalue weighted by Crippen LogP contribution is -2.29. The number of nitrogens with zero attached hydrogens (tertiary/aromatic N) is 1. The van der Waals surface area contributed by atoms with Crippen molar-refractivity contribution < 1.29 is 4.79 Å². The Morgan fingerprint density at radius 3 is 2.57 bits per heavy atom. The lowest BCUT2D eigenvalue weighted by atomic mass is 10.1. The number of carbonyl (C=O) groups is 1. The summed E-state index contributed by atoms with van der Waals surface area (Å²) in [6, 6.07) is 9.71. The predicted octanol–water partition coefficient (Wildman–Crippen LogP) is 1.93. The van der Waals surface area contributed by atoms with Crippen molar-refractivity contribution in [3.63, 3.8) is 0 Å². The van der Waals surface area contributed by atoms with Gasteiger partial charge in [-0.15, -0.1) is 11.6 Å². The normalized spacial score (nSPS) is 9.86. The molecule has 0 aliphatic heterocycles. The number of amides is 1. The fourth-order valence-electron chi connectivity index (χ4n) is 1.16. The molecular weight excluding hydrogens is 198 g/mol. The third-order valence-corrected chi connectivity index (χ3v) is 2.21. The molecule has 0 radical (unpaired) electrons. The monoisotopic (exact) mass is 211 g/mol. The minimum absolute atomic E-state index is 0.108. The van der Waals surface area contributed by atoms with E-state index in [0.29, 0.717) is 18.8 Å². The number of rotatable bonds is 4. The molecule has 76 valence electrons. The Morgan fingerprint density at radius 2 is 2.00 bits per heavy atom. The molecule has 0 N–H and O–H groups in total. The van der Waals surface area contributed by atoms with E-state index in [1.54, 1.807) is 11.9 Å². The third kappa shape index (κ3) is 3.38. The van der Waals surface area contributed by atoms with Crippen LogP contribution in [0.2, 0.25) is 0 Å². The number of carbonyl (C=O) groups excluding carboxylic acids is 1. The van der Waals surface area contributed by atoms with Gasteiger partial charge in [0, 0.05) is 19.5 Å². The summed E-state index contributed by atoms with van der Waals surface area (Å²) in [5.41, 5.74) is 1.04. The largest absolute Gasteiger partial charge is 0.344 e. The van der Waals surface area contributed by atoms with Crippen LogP contribution in [0.1, 0.15) is 5.56 Å². The fourth-order valence-corrected chi connectivity index (χ4v) is 1.41. The Bertz CT molecular complexity index is 287. The molecule has 0 fully saturated rings. The minimum atomic E-state index is 0.108. The van der Waals surface area contributed by atoms with Gasteiger partial charge in [0.1, 0.15) is 0 Å². The maximum atomic E-state index is 11.6. The Morgan fingerprint density at radius 1 is 1.36 bits per heavy atom. The van der Waals surface area contributed by atoms with E-state index in [0.717, 1.165) is 5.56 Å². The van der Waals surface area contributed by atoms with Gasteiger partial charge < -0.3 is 4.90 Å². The quantitative estimate of drug-likeness (QED) is 0.697. The third-order valence-electron chi connectivity index (χ3n) is 2.04. The average Bonchev–Trinajstić information content (AvgIpc) is 2.19. The molecule has 0 heterocycles. The second-order valence-electron chi connectivity index (χ2n) is 3.17. The number of hydrogen-bond acceptors (Lipinski definition) is 1. The molecule has 0 aliphatic carbocycles. The summed E-state index contributed by atoms with van der Waals surface area (Å²) in [5.74, 6) is 0.591. The second kappa shape index (κ2) is 5.66. The molecule has 0 bridgehead atoms. The van der Waals surface area contributed by atoms with Crippen molar-refractivity contribution >= 4 is 17.5 Å². The van der Waals surface area contributed by atoms with Gasteiger partial charge in [-0.05, 0) is 5.56 Å². The predicted molar refractivity (Wildman–Crippen MR) is 58.5 cm³/mol. The highest BCUT2D eigenvalue weighted by molar-refractivity contribution is 6.18. The smallest absolute Gasteiger partial charge is 0.226 e. The number of hydrogen-bond donors (Lipinski definition) is 0. The molecule has 1 rings (SSSR count). The number of alkyl halides is 1. The van der Waals surface area contributed by atoms with Crippen LogP contribution < -0.4 is 0 Å². The van der Waals surface area contributed by atoms with E-state index in [2.05, 4.69) is 0 Å². The van der Waals surface area contributed by atoms with Crippen molar-refractivity contribution in [1.82, 2.24) is 4.90 Å². The Labute approximate surface area is 89.5 Å². The van der Waals surface area contributed by atoms with Crippen molar-refractivity contribution in [2.75, 3.05) is 19.5 Å². The maximum absolute atomic E-state index is 11.6. The first-order valence-electron chi connectivity index (χ1n) is 4.58. The molecule has 1 amide bonds. The summed E-state index contributed by atoms with van der Waals surface area (Å²) in [7, 11) is 1.77. The highest BCUT2D eigenvalue weighted by Gasteiger charge is 2.07. The van der Waals surface area contributed by atoms with E-state index in [1.165, 1.54) is 0 Å². The van der Waals surface area contributed by atoms with Crippen LogP contribution in [0.5, 0.6) is 0 Å². The van der Waals surface area contributed by atoms with Gasteiger partial charge >= 0.3 is 0 Å². The highest BCUT2D eigenvalue weighted by Crippen LogP contribution is 2.01. The average molecular weight is 212 g/mol. The molecule has 0 atom stereocenters. The maximum Gasteiger partial charge on any atom is 0.226 e. The molecule has 3 heteroatoms. The van der Waals surface area contributed by atoms with Crippen molar-refractivity contribution in [1.29, 1.82) is 0 Å². The molecule has 1 aromatic carbocycles. The van der Waals surface area contributed by atoms with E-state index in [4.69, 9.17) is 11.6 Å². The van der Waals surface area contributed by atoms with Gasteiger partial charge in [0.25, 0.3) is 0 Å². The summed E-state index contributed by atoms with van der Waals surface area (Å²) in [6.45, 7) is 0.604. The van der Waals surface area contributed by atoms with Crippen molar-refractivity contribution in [2.24, 2.45) is 0 Å². The molecule has 0 spiro atoms. The summed E-state index contributed by atoms with van der Waals surface area (Å²) >= 11 is 5.55. The first kappa shape index (κ1) is 11.1. The molecule has 0 saturated carbocycles. The topological polar surface area (TPSA) is 20.3 Å². The van der Waals surface area contributed by atoms with Gasteiger partial charge in [0.05, 0.1) is 6.42 Å². The first-order valence-corrected chi connectivity index (χ1v) is 5.11. The minimum Gasteiger partial charge on any atom is -0.344 e. The van der Waals surface area contributed by atoms with Crippen LogP contribution >= 0.6 is 11.6 Å². The lowest BCUT2D eigenvalue weighted by molar-refractivity contribution is -0.128. The first-order chi connectivity index (χ1) is 6.74. The summed E-state index contributed by atoms with van der Waals surface area (Å²) in [4.78, 5) is 13.2. The molecule has 0 aromatic heterocycles. The highest BCUT2D eigenvalue weighted by atomic mass is 35.5. The molecule has 0 saturated heterocycles. The molecule has 0 unspecified atom stereocenters. The van der Waals surface area contributed by atoms with Gasteiger partial charge in [-0.2, -0.15) is 0 Å². The summed E-state index contributed by atoms with van der Waals surface area (Å²) in [5, 5.41) is 0. The van der Waals surface area contributed by atoms with E-state index in [9.17, 15) is 4.79 Å². The molecule has 1 aromatic rings. The Hall–Kier alpha value is -1.02. The Kier molecular flexibility index (Phi) is 4.47. The molecular formula is C11H14ClNO. The van der Waals surface area contributed by atoms with Crippen LogP contribution in [0.15, 0.2) is 30.3 Å². The zero-order valence-corrected chi connectivity index (χ0v) is 9.00. The van der Waals surface area contributed by atoms with Crippen LogP contribution in [-0.4, -0.2) is 30.3 Å². The summed E-state index contributed by atoms with van der Waals surface area (Å²) in [6.07, 6.45) is 0.453. The number of benzene rings is 1. The van der Waals surface area contributed by atoms with E-state index in [-0.39, 0.29) is 5.91 Å². The van der Waals surface area contributed by atoms with Gasteiger partial charge in [-0.25, -0.2) is 0 Å². The zero-order chi connectivity index (χ0) is 10.4. The van der Waals surface area contributed by atoms with Crippen molar-refractivity contribution in [2.45, 2.75) is 6.42 Å². The SMILES string of the molecule is CN(CCCl)C(=O)Cc1ccccc1. The Balaban J connectivity index is 2.49. The zero-order valence-electron chi connectivity index (χ0n) is 8.24. The van der Waals surface area contributed by atoms with E-state index < -0.39 is 0 Å². The number of likely N-dealkylation sites (N-methyl/N-ethyl adjacent to an activating group) is 1. The van der Waals surface area contributed by atoms with Crippen LogP contribution in [0, 0.1) is 0 Å². The number of halogens is 1. The van der Waals surface area contributed by atoms with E-state index >= 15 is 0 Å². The van der Waals surface area contributed by atoms with Crippen molar-refractivity contribution in [3.8, 4) is 0 Å². The fraction of sp³-hybridized carbons (Fsp3) is 0.364. The van der Waals surface area contributed by atoms with Crippen molar-refractivity contribution in [3.05, 3.63) is 35.9 Å². The van der Waals surface area contributed by atoms with Gasteiger partial charge in [-0.3, -0.25) is 4.79 Å². The standard InChI is InChI=1S/C11H14ClNO/c1-13(8-7-12)11(14)9-10-5-3-2-4-6-10/h2-6H,7-9H2,1H3. The van der Waals surface area contributed by atoms with Crippen LogP contribution in [0.4, 0.5) is 0 Å². The van der Waals surface area contributed by atoms with E-state index in [1.807, 2.05) is 30.3 Å². The lowest BCUT2D eigenvalue weighted by Gasteiger charge is -2.15. The van der Waals surface area contributed by atoms with Crippen LogP contribution in [-0.2, 0) is 11.2 Å². The molecule has 0 aliphatic rings. The van der Waals surface area contributed by atoms with Gasteiger partial charge in [-0.1, -0.05) is 30.3 Å². The molecule has 2 nitrogen and oxygen atoms in total. The second-order valence-corrected chi connectivity index (χ2v) is 3.54. The van der Waals surface area contributed by atoms with Gasteiger partial charge in [0.2, 0.25) is 5.91 Å².